The van der Waals surface area contributed by atoms with Crippen molar-refractivity contribution < 1.29 is 4.74 Å². The molecule has 0 radical (unpaired) electrons. The van der Waals surface area contributed by atoms with E-state index in [0.717, 1.165) is 5.56 Å². The molecule has 3 aromatic heterocycles. The summed E-state index contributed by atoms with van der Waals surface area (Å²) in [6.45, 7) is 0.884. The van der Waals surface area contributed by atoms with E-state index >= 15 is 0 Å². The molecular weight excluding hydrogens is 288 g/mol. The van der Waals surface area contributed by atoms with Crippen molar-refractivity contribution in [1.82, 2.24) is 24.7 Å². The molecule has 0 aliphatic carbocycles. The number of thiol groups is 1. The Hall–Kier alpha value is -2.19. The lowest BCUT2D eigenvalue weighted by Gasteiger charge is -2.05. The lowest BCUT2D eigenvalue weighted by atomic mass is 10.2. The minimum Gasteiger partial charge on any atom is -0.383 e. The number of fused-ring (bicyclic) bond motifs is 1. The normalized spacial score (nSPS) is 11.1. The summed E-state index contributed by atoms with van der Waals surface area (Å²) in [7, 11) is 0. The summed E-state index contributed by atoms with van der Waals surface area (Å²) in [5.41, 5.74) is 8.63. The zero-order valence-corrected chi connectivity index (χ0v) is 12.1. The SMILES string of the molecule is Nc1ncccc1-c1cnc2c(cnn2COCCS)n1. The number of anilines is 1. The molecule has 3 aromatic rings. The molecule has 3 rings (SSSR count). The molecule has 0 bridgehead atoms. The van der Waals surface area contributed by atoms with Crippen molar-refractivity contribution in [3.05, 3.63) is 30.7 Å². The Morgan fingerprint density at radius 3 is 3.00 bits per heavy atom. The summed E-state index contributed by atoms with van der Waals surface area (Å²) < 4.78 is 7.05. The summed E-state index contributed by atoms with van der Waals surface area (Å²) in [5, 5.41) is 4.22. The highest BCUT2D eigenvalue weighted by molar-refractivity contribution is 7.80. The van der Waals surface area contributed by atoms with E-state index in [0.29, 0.717) is 41.8 Å². The van der Waals surface area contributed by atoms with Crippen LogP contribution < -0.4 is 5.73 Å². The van der Waals surface area contributed by atoms with Crippen LogP contribution in [-0.2, 0) is 11.5 Å². The van der Waals surface area contributed by atoms with E-state index in [1.54, 1.807) is 23.3 Å². The highest BCUT2D eigenvalue weighted by atomic mass is 32.1. The molecule has 0 fully saturated rings. The number of nitrogen functional groups attached to an aromatic ring is 1. The molecule has 0 spiro atoms. The minimum absolute atomic E-state index is 0.327. The van der Waals surface area contributed by atoms with Gasteiger partial charge in [-0.05, 0) is 12.1 Å². The summed E-state index contributed by atoms with van der Waals surface area (Å²) >= 11 is 4.09. The van der Waals surface area contributed by atoms with E-state index in [1.807, 2.05) is 12.1 Å². The van der Waals surface area contributed by atoms with Crippen molar-refractivity contribution in [2.45, 2.75) is 6.73 Å². The largest absolute Gasteiger partial charge is 0.383 e. The second kappa shape index (κ2) is 6.06. The van der Waals surface area contributed by atoms with Crippen molar-refractivity contribution in [3.63, 3.8) is 0 Å². The number of ether oxygens (including phenoxy) is 1. The van der Waals surface area contributed by atoms with Crippen LogP contribution in [0.5, 0.6) is 0 Å². The highest BCUT2D eigenvalue weighted by Crippen LogP contribution is 2.22. The first-order valence-corrected chi connectivity index (χ1v) is 7.01. The molecule has 108 valence electrons. The average Bonchev–Trinajstić information content (AvgIpc) is 2.90. The fourth-order valence-electron chi connectivity index (χ4n) is 1.94. The summed E-state index contributed by atoms with van der Waals surface area (Å²) in [4.78, 5) is 13.0. The van der Waals surface area contributed by atoms with E-state index < -0.39 is 0 Å². The fraction of sp³-hybridized carbons (Fsp3) is 0.231. The molecule has 0 atom stereocenters. The van der Waals surface area contributed by atoms with Crippen LogP contribution in [0.4, 0.5) is 5.82 Å². The number of rotatable bonds is 5. The van der Waals surface area contributed by atoms with Gasteiger partial charge in [0.05, 0.1) is 24.7 Å². The van der Waals surface area contributed by atoms with Gasteiger partial charge in [0.15, 0.2) is 5.65 Å². The zero-order chi connectivity index (χ0) is 14.7. The van der Waals surface area contributed by atoms with Crippen molar-refractivity contribution in [2.24, 2.45) is 0 Å². The quantitative estimate of drug-likeness (QED) is 0.546. The van der Waals surface area contributed by atoms with Crippen LogP contribution in [0.1, 0.15) is 0 Å². The summed E-state index contributed by atoms with van der Waals surface area (Å²) in [6.07, 6.45) is 4.95. The molecule has 0 aliphatic heterocycles. The second-order valence-electron chi connectivity index (χ2n) is 4.31. The Morgan fingerprint density at radius 1 is 1.29 bits per heavy atom. The first-order chi connectivity index (χ1) is 10.3. The zero-order valence-electron chi connectivity index (χ0n) is 11.2. The third kappa shape index (κ3) is 2.81. The molecule has 0 unspecified atom stereocenters. The van der Waals surface area contributed by atoms with E-state index in [1.165, 1.54) is 0 Å². The Kier molecular flexibility index (Phi) is 3.98. The van der Waals surface area contributed by atoms with Crippen LogP contribution in [0, 0.1) is 0 Å². The standard InChI is InChI=1S/C13H14N6OS/c14-12-9(2-1-3-15-12)10-6-16-13-11(18-10)7-17-19(13)8-20-4-5-21/h1-3,6-7,21H,4-5,8H2,(H2,14,15). The van der Waals surface area contributed by atoms with Crippen molar-refractivity contribution in [3.8, 4) is 11.3 Å². The van der Waals surface area contributed by atoms with Gasteiger partial charge in [-0.2, -0.15) is 17.7 Å². The van der Waals surface area contributed by atoms with Crippen molar-refractivity contribution >= 4 is 29.6 Å². The monoisotopic (exact) mass is 302 g/mol. The lowest BCUT2D eigenvalue weighted by molar-refractivity contribution is 0.0840. The van der Waals surface area contributed by atoms with Gasteiger partial charge in [0.25, 0.3) is 0 Å². The predicted molar refractivity (Wildman–Crippen MR) is 82.8 cm³/mol. The minimum atomic E-state index is 0.327. The van der Waals surface area contributed by atoms with Crippen LogP contribution in [-0.4, -0.2) is 37.1 Å². The first kappa shape index (κ1) is 13.8. The van der Waals surface area contributed by atoms with E-state index in [-0.39, 0.29) is 0 Å². The number of nitrogens with zero attached hydrogens (tertiary/aromatic N) is 5. The molecule has 3 heterocycles. The highest BCUT2D eigenvalue weighted by Gasteiger charge is 2.10. The van der Waals surface area contributed by atoms with Crippen LogP contribution in [0.25, 0.3) is 22.4 Å². The molecule has 0 aromatic carbocycles. The van der Waals surface area contributed by atoms with Gasteiger partial charge in [-0.25, -0.2) is 19.6 Å². The van der Waals surface area contributed by atoms with Crippen molar-refractivity contribution in [1.29, 1.82) is 0 Å². The predicted octanol–water partition coefficient (Wildman–Crippen LogP) is 1.37. The summed E-state index contributed by atoms with van der Waals surface area (Å²) in [5.74, 6) is 1.09. The van der Waals surface area contributed by atoms with Crippen LogP contribution in [0.2, 0.25) is 0 Å². The van der Waals surface area contributed by atoms with Crippen LogP contribution in [0.15, 0.2) is 30.7 Å². The Balaban J connectivity index is 1.93. The van der Waals surface area contributed by atoms with Gasteiger partial charge in [0.2, 0.25) is 0 Å². The van der Waals surface area contributed by atoms with Gasteiger partial charge in [0, 0.05) is 17.5 Å². The Morgan fingerprint density at radius 2 is 2.19 bits per heavy atom. The fourth-order valence-corrected chi connectivity index (χ4v) is 2.06. The number of nitrogens with two attached hydrogens (primary N) is 1. The van der Waals surface area contributed by atoms with Gasteiger partial charge < -0.3 is 10.5 Å². The summed E-state index contributed by atoms with van der Waals surface area (Å²) in [6, 6.07) is 3.67. The van der Waals surface area contributed by atoms with Gasteiger partial charge in [-0.3, -0.25) is 0 Å². The molecular formula is C13H14N6OS. The molecule has 0 aliphatic rings. The van der Waals surface area contributed by atoms with Crippen molar-refractivity contribution in [2.75, 3.05) is 18.1 Å². The molecule has 2 N–H and O–H groups in total. The molecule has 0 saturated carbocycles. The second-order valence-corrected chi connectivity index (χ2v) is 4.75. The maximum Gasteiger partial charge on any atom is 0.179 e. The molecule has 0 amide bonds. The number of aromatic nitrogens is 5. The smallest absolute Gasteiger partial charge is 0.179 e. The molecule has 8 heteroatoms. The third-order valence-electron chi connectivity index (χ3n) is 2.91. The van der Waals surface area contributed by atoms with Gasteiger partial charge >= 0.3 is 0 Å². The average molecular weight is 302 g/mol. The topological polar surface area (TPSA) is 91.7 Å². The first-order valence-electron chi connectivity index (χ1n) is 6.37. The third-order valence-corrected chi connectivity index (χ3v) is 3.09. The number of hydrogen-bond donors (Lipinski definition) is 2. The molecule has 21 heavy (non-hydrogen) atoms. The molecule has 7 nitrogen and oxygen atoms in total. The number of hydrogen-bond acceptors (Lipinski definition) is 7. The Bertz CT molecular complexity index is 759. The number of pyridine rings is 1. The van der Waals surface area contributed by atoms with Gasteiger partial charge in [-0.15, -0.1) is 0 Å². The maximum atomic E-state index is 5.86. The van der Waals surface area contributed by atoms with E-state index in [4.69, 9.17) is 10.5 Å². The van der Waals surface area contributed by atoms with Crippen LogP contribution in [0.3, 0.4) is 0 Å². The van der Waals surface area contributed by atoms with E-state index in [2.05, 4.69) is 32.7 Å². The maximum absolute atomic E-state index is 5.86. The van der Waals surface area contributed by atoms with Gasteiger partial charge in [-0.1, -0.05) is 0 Å². The van der Waals surface area contributed by atoms with E-state index in [9.17, 15) is 0 Å². The lowest BCUT2D eigenvalue weighted by Crippen LogP contribution is -2.06. The van der Waals surface area contributed by atoms with Crippen LogP contribution >= 0.6 is 12.6 Å². The Labute approximate surface area is 126 Å². The molecule has 0 saturated heterocycles. The van der Waals surface area contributed by atoms with Gasteiger partial charge in [0.1, 0.15) is 18.1 Å².